The maximum absolute atomic E-state index is 12.6. The van der Waals surface area contributed by atoms with Crippen LogP contribution in [0.25, 0.3) is 0 Å². The van der Waals surface area contributed by atoms with Gasteiger partial charge in [-0.2, -0.15) is 13.2 Å². The highest BCUT2D eigenvalue weighted by Gasteiger charge is 2.30. The lowest BCUT2D eigenvalue weighted by molar-refractivity contribution is -0.137. The third-order valence-electron chi connectivity index (χ3n) is 2.37. The standard InChI is InChI=1S/C11H10F3N3S2/c12-11(13,14)8-3-1-2-7(4-8)9(15)5-18-10-17-16-6-19-10/h1-4,6,9H,5,15H2. The van der Waals surface area contributed by atoms with Crippen molar-refractivity contribution in [2.24, 2.45) is 5.73 Å². The van der Waals surface area contributed by atoms with E-state index in [0.717, 1.165) is 16.5 Å². The van der Waals surface area contributed by atoms with Gasteiger partial charge in [0.2, 0.25) is 0 Å². The second kappa shape index (κ2) is 5.89. The van der Waals surface area contributed by atoms with Crippen molar-refractivity contribution in [3.8, 4) is 0 Å². The van der Waals surface area contributed by atoms with Crippen molar-refractivity contribution in [3.63, 3.8) is 0 Å². The molecule has 19 heavy (non-hydrogen) atoms. The molecule has 1 atom stereocenters. The molecule has 1 heterocycles. The summed E-state index contributed by atoms with van der Waals surface area (Å²) in [4.78, 5) is 0. The summed E-state index contributed by atoms with van der Waals surface area (Å²) >= 11 is 2.75. The minimum atomic E-state index is -4.35. The Bertz CT molecular complexity index is 528. The molecule has 0 radical (unpaired) electrons. The Balaban J connectivity index is 2.04. The third-order valence-corrected chi connectivity index (χ3v) is 4.35. The lowest BCUT2D eigenvalue weighted by atomic mass is 10.1. The molecule has 0 fully saturated rings. The molecule has 1 unspecified atom stereocenters. The molecule has 1 aromatic heterocycles. The van der Waals surface area contributed by atoms with Gasteiger partial charge in [0.15, 0.2) is 4.34 Å². The average Bonchev–Trinajstić information content (AvgIpc) is 2.88. The molecule has 0 aliphatic heterocycles. The quantitative estimate of drug-likeness (QED) is 0.880. The topological polar surface area (TPSA) is 51.8 Å². The molecule has 0 amide bonds. The fraction of sp³-hybridized carbons (Fsp3) is 0.273. The molecular weight excluding hydrogens is 295 g/mol. The van der Waals surface area contributed by atoms with Crippen LogP contribution < -0.4 is 5.73 Å². The van der Waals surface area contributed by atoms with Gasteiger partial charge in [-0.05, 0) is 17.7 Å². The highest BCUT2D eigenvalue weighted by Crippen LogP contribution is 2.31. The van der Waals surface area contributed by atoms with Gasteiger partial charge in [-0.1, -0.05) is 35.2 Å². The van der Waals surface area contributed by atoms with Crippen molar-refractivity contribution in [2.75, 3.05) is 5.75 Å². The second-order valence-electron chi connectivity index (χ2n) is 3.75. The van der Waals surface area contributed by atoms with Gasteiger partial charge in [-0.3, -0.25) is 0 Å². The maximum atomic E-state index is 12.6. The molecule has 3 nitrogen and oxygen atoms in total. The van der Waals surface area contributed by atoms with Gasteiger partial charge in [-0.15, -0.1) is 10.2 Å². The first kappa shape index (κ1) is 14.3. The van der Waals surface area contributed by atoms with E-state index >= 15 is 0 Å². The molecule has 2 aromatic rings. The lowest BCUT2D eigenvalue weighted by Crippen LogP contribution is -2.14. The number of benzene rings is 1. The van der Waals surface area contributed by atoms with Crippen molar-refractivity contribution in [3.05, 3.63) is 40.9 Å². The van der Waals surface area contributed by atoms with Crippen molar-refractivity contribution in [1.29, 1.82) is 0 Å². The number of thioether (sulfide) groups is 1. The van der Waals surface area contributed by atoms with E-state index < -0.39 is 17.8 Å². The van der Waals surface area contributed by atoms with Crippen molar-refractivity contribution in [1.82, 2.24) is 10.2 Å². The van der Waals surface area contributed by atoms with E-state index in [4.69, 9.17) is 5.73 Å². The number of hydrogen-bond donors (Lipinski definition) is 1. The number of alkyl halides is 3. The van der Waals surface area contributed by atoms with Crippen LogP contribution in [0.3, 0.4) is 0 Å². The van der Waals surface area contributed by atoms with Crippen LogP contribution in [0.15, 0.2) is 34.1 Å². The predicted molar refractivity (Wildman–Crippen MR) is 69.0 cm³/mol. The van der Waals surface area contributed by atoms with Crippen molar-refractivity contribution >= 4 is 23.1 Å². The highest BCUT2D eigenvalue weighted by atomic mass is 32.2. The SMILES string of the molecule is NC(CSc1nncs1)c1cccc(C(F)(F)F)c1. The maximum Gasteiger partial charge on any atom is 0.416 e. The zero-order valence-corrected chi connectivity index (χ0v) is 11.2. The summed E-state index contributed by atoms with van der Waals surface area (Å²) < 4.78 is 38.5. The smallest absolute Gasteiger partial charge is 0.323 e. The molecule has 102 valence electrons. The first-order valence-electron chi connectivity index (χ1n) is 5.28. The van der Waals surface area contributed by atoms with Crippen LogP contribution in [-0.2, 0) is 6.18 Å². The Kier molecular flexibility index (Phi) is 4.43. The molecule has 8 heteroatoms. The number of nitrogens with zero attached hydrogens (tertiary/aromatic N) is 2. The van der Waals surface area contributed by atoms with Gasteiger partial charge in [0, 0.05) is 11.8 Å². The molecule has 1 aromatic carbocycles. The van der Waals surface area contributed by atoms with Crippen molar-refractivity contribution < 1.29 is 13.2 Å². The van der Waals surface area contributed by atoms with Crippen LogP contribution >= 0.6 is 23.1 Å². The van der Waals surface area contributed by atoms with Gasteiger partial charge in [0.25, 0.3) is 0 Å². The minimum Gasteiger partial charge on any atom is -0.323 e. The summed E-state index contributed by atoms with van der Waals surface area (Å²) in [5.74, 6) is 0.455. The summed E-state index contributed by atoms with van der Waals surface area (Å²) in [6.07, 6.45) is -4.35. The van der Waals surface area contributed by atoms with E-state index in [-0.39, 0.29) is 0 Å². The summed E-state index contributed by atoms with van der Waals surface area (Å²) in [6.45, 7) is 0. The molecule has 0 bridgehead atoms. The summed E-state index contributed by atoms with van der Waals surface area (Å²) in [5.41, 5.74) is 7.27. The monoisotopic (exact) mass is 305 g/mol. The van der Waals surface area contributed by atoms with E-state index in [1.54, 1.807) is 11.6 Å². The molecule has 2 rings (SSSR count). The van der Waals surface area contributed by atoms with Crippen LogP contribution in [0, 0.1) is 0 Å². The first-order chi connectivity index (χ1) is 8.97. The number of nitrogens with two attached hydrogens (primary N) is 1. The average molecular weight is 305 g/mol. The molecular formula is C11H10F3N3S2. The van der Waals surface area contributed by atoms with Crippen molar-refractivity contribution in [2.45, 2.75) is 16.6 Å². The third kappa shape index (κ3) is 3.92. The van der Waals surface area contributed by atoms with Crippen LogP contribution in [0.2, 0.25) is 0 Å². The van der Waals surface area contributed by atoms with E-state index in [0.29, 0.717) is 11.3 Å². The van der Waals surface area contributed by atoms with Crippen LogP contribution in [0.4, 0.5) is 13.2 Å². The van der Waals surface area contributed by atoms with Crippen LogP contribution in [-0.4, -0.2) is 16.0 Å². The van der Waals surface area contributed by atoms with Gasteiger partial charge in [0.1, 0.15) is 5.51 Å². The minimum absolute atomic E-state index is 0.455. The second-order valence-corrected chi connectivity index (χ2v) is 5.85. The molecule has 0 spiro atoms. The molecule has 0 aliphatic rings. The van der Waals surface area contributed by atoms with E-state index in [1.165, 1.54) is 29.2 Å². The van der Waals surface area contributed by atoms with E-state index in [2.05, 4.69) is 10.2 Å². The van der Waals surface area contributed by atoms with Gasteiger partial charge >= 0.3 is 6.18 Å². The van der Waals surface area contributed by atoms with Gasteiger partial charge in [-0.25, -0.2) is 0 Å². The first-order valence-corrected chi connectivity index (χ1v) is 7.15. The van der Waals surface area contributed by atoms with E-state index in [9.17, 15) is 13.2 Å². The normalized spacial score (nSPS) is 13.5. The Labute approximate surface area is 116 Å². The number of aromatic nitrogens is 2. The molecule has 0 aliphatic carbocycles. The number of hydrogen-bond acceptors (Lipinski definition) is 5. The fourth-order valence-electron chi connectivity index (χ4n) is 1.43. The van der Waals surface area contributed by atoms with Gasteiger partial charge < -0.3 is 5.73 Å². The Morgan fingerprint density at radius 1 is 1.37 bits per heavy atom. The lowest BCUT2D eigenvalue weighted by Gasteiger charge is -2.13. The summed E-state index contributed by atoms with van der Waals surface area (Å²) in [5, 5.41) is 7.51. The van der Waals surface area contributed by atoms with Gasteiger partial charge in [0.05, 0.1) is 5.56 Å². The Morgan fingerprint density at radius 3 is 2.79 bits per heavy atom. The molecule has 2 N–H and O–H groups in total. The number of rotatable bonds is 4. The highest BCUT2D eigenvalue weighted by molar-refractivity contribution is 8.01. The van der Waals surface area contributed by atoms with Crippen LogP contribution in [0.5, 0.6) is 0 Å². The zero-order chi connectivity index (χ0) is 13.9. The predicted octanol–water partition coefficient (Wildman–Crippen LogP) is 3.35. The summed E-state index contributed by atoms with van der Waals surface area (Å²) in [6, 6.07) is 4.62. The zero-order valence-electron chi connectivity index (χ0n) is 9.59. The largest absolute Gasteiger partial charge is 0.416 e. The molecule has 0 saturated heterocycles. The summed E-state index contributed by atoms with van der Waals surface area (Å²) in [7, 11) is 0. The van der Waals surface area contributed by atoms with E-state index in [1.807, 2.05) is 0 Å². The Hall–Kier alpha value is -1.12. The number of halogens is 3. The molecule has 0 saturated carbocycles. The van der Waals surface area contributed by atoms with Crippen LogP contribution in [0.1, 0.15) is 17.2 Å². The fourth-order valence-corrected chi connectivity index (χ4v) is 2.93. The Morgan fingerprint density at radius 2 is 2.16 bits per heavy atom.